The molecule has 1 aliphatic rings. The topological polar surface area (TPSA) is 56.4 Å². The minimum absolute atomic E-state index is 0.00433. The van der Waals surface area contributed by atoms with Gasteiger partial charge in [-0.1, -0.05) is 18.2 Å². The number of rotatable bonds is 3. The highest BCUT2D eigenvalue weighted by Crippen LogP contribution is 2.19. The molecule has 0 atom stereocenters. The third-order valence-electron chi connectivity index (χ3n) is 5.10. The second kappa shape index (κ2) is 7.42. The third kappa shape index (κ3) is 3.47. The number of hydrogen-bond donors (Lipinski definition) is 1. The first-order valence-electron chi connectivity index (χ1n) is 9.10. The molecule has 0 bridgehead atoms. The van der Waals surface area contributed by atoms with Gasteiger partial charge in [-0.3, -0.25) is 9.59 Å². The summed E-state index contributed by atoms with van der Waals surface area (Å²) < 4.78 is 26.4. The summed E-state index contributed by atoms with van der Waals surface area (Å²) in [6.45, 7) is 1.54. The van der Waals surface area contributed by atoms with E-state index in [4.69, 9.17) is 0 Å². The number of aromatic amines is 1. The Kier molecular flexibility index (Phi) is 4.81. The maximum absolute atomic E-state index is 13.4. The first-order chi connectivity index (χ1) is 13.5. The number of nitrogens with zero attached hydrogens (tertiary/aromatic N) is 2. The Balaban J connectivity index is 1.37. The van der Waals surface area contributed by atoms with Crippen molar-refractivity contribution in [3.63, 3.8) is 0 Å². The van der Waals surface area contributed by atoms with Gasteiger partial charge < -0.3 is 14.8 Å². The van der Waals surface area contributed by atoms with Crippen LogP contribution in [0.3, 0.4) is 0 Å². The quantitative estimate of drug-likeness (QED) is 0.756. The van der Waals surface area contributed by atoms with Crippen LogP contribution in [0.15, 0.2) is 48.7 Å². The van der Waals surface area contributed by atoms with Gasteiger partial charge in [-0.05, 0) is 29.8 Å². The number of halogens is 2. The fourth-order valence-electron chi connectivity index (χ4n) is 3.52. The molecule has 0 aliphatic carbocycles. The maximum Gasteiger partial charge on any atom is 0.254 e. The van der Waals surface area contributed by atoms with E-state index in [-0.39, 0.29) is 17.4 Å². The standard InChI is InChI=1S/C21H19F2N3O2/c22-17-6-5-14(11-18(17)23)21(28)26-9-7-25(8-10-26)20(27)12-15-13-24-19-4-2-1-3-16(15)19/h1-6,11,13,24H,7-10,12H2. The van der Waals surface area contributed by atoms with Gasteiger partial charge >= 0.3 is 0 Å². The summed E-state index contributed by atoms with van der Waals surface area (Å²) in [7, 11) is 0. The molecule has 4 rings (SSSR count). The molecule has 1 aromatic heterocycles. The second-order valence-electron chi connectivity index (χ2n) is 6.84. The molecule has 144 valence electrons. The SMILES string of the molecule is O=C(Cc1c[nH]c2ccccc12)N1CCN(C(=O)c2ccc(F)c(F)c2)CC1. The van der Waals surface area contributed by atoms with Gasteiger partial charge in [-0.25, -0.2) is 8.78 Å². The second-order valence-corrected chi connectivity index (χ2v) is 6.84. The average Bonchev–Trinajstić information content (AvgIpc) is 3.12. The van der Waals surface area contributed by atoms with E-state index in [0.717, 1.165) is 28.6 Å². The van der Waals surface area contributed by atoms with E-state index in [1.165, 1.54) is 6.07 Å². The van der Waals surface area contributed by atoms with Crippen LogP contribution < -0.4 is 0 Å². The molecule has 0 unspecified atom stereocenters. The summed E-state index contributed by atoms with van der Waals surface area (Å²) in [5, 5.41) is 1.03. The van der Waals surface area contributed by atoms with Crippen LogP contribution in [0.1, 0.15) is 15.9 Å². The summed E-state index contributed by atoms with van der Waals surface area (Å²) in [4.78, 5) is 31.6. The number of nitrogens with one attached hydrogen (secondary N) is 1. The van der Waals surface area contributed by atoms with Gasteiger partial charge in [0.2, 0.25) is 5.91 Å². The molecular weight excluding hydrogens is 364 g/mol. The van der Waals surface area contributed by atoms with Crippen LogP contribution in [-0.4, -0.2) is 52.8 Å². The summed E-state index contributed by atoms with van der Waals surface area (Å²) in [5.41, 5.74) is 2.05. The normalized spacial score (nSPS) is 14.5. The summed E-state index contributed by atoms with van der Waals surface area (Å²) in [6, 6.07) is 10.9. The molecule has 0 radical (unpaired) electrons. The lowest BCUT2D eigenvalue weighted by Crippen LogP contribution is -2.51. The van der Waals surface area contributed by atoms with Crippen LogP contribution >= 0.6 is 0 Å². The van der Waals surface area contributed by atoms with Crippen molar-refractivity contribution in [3.05, 3.63) is 71.4 Å². The zero-order valence-electron chi connectivity index (χ0n) is 15.1. The van der Waals surface area contributed by atoms with Gasteiger partial charge in [-0.2, -0.15) is 0 Å². The number of piperazine rings is 1. The highest BCUT2D eigenvalue weighted by molar-refractivity contribution is 5.94. The number of carbonyl (C=O) groups is 2. The molecule has 1 aliphatic heterocycles. The number of hydrogen-bond acceptors (Lipinski definition) is 2. The lowest BCUT2D eigenvalue weighted by atomic mass is 10.1. The number of carbonyl (C=O) groups excluding carboxylic acids is 2. The maximum atomic E-state index is 13.4. The summed E-state index contributed by atoms with van der Waals surface area (Å²) in [6.07, 6.45) is 2.15. The Bertz CT molecular complexity index is 1040. The molecule has 28 heavy (non-hydrogen) atoms. The predicted octanol–water partition coefficient (Wildman–Crippen LogP) is 2.97. The van der Waals surface area contributed by atoms with Gasteiger partial charge in [0.25, 0.3) is 5.91 Å². The number of H-pyrrole nitrogens is 1. The van der Waals surface area contributed by atoms with Crippen molar-refractivity contribution in [2.75, 3.05) is 26.2 Å². The molecule has 2 amide bonds. The number of amides is 2. The highest BCUT2D eigenvalue weighted by atomic mass is 19.2. The van der Waals surface area contributed by atoms with Crippen molar-refractivity contribution in [1.29, 1.82) is 0 Å². The Morgan fingerprint density at radius 1 is 0.929 bits per heavy atom. The van der Waals surface area contributed by atoms with Crippen molar-refractivity contribution in [2.24, 2.45) is 0 Å². The van der Waals surface area contributed by atoms with Gasteiger partial charge in [0.05, 0.1) is 6.42 Å². The van der Waals surface area contributed by atoms with Crippen molar-refractivity contribution in [3.8, 4) is 0 Å². The Labute approximate surface area is 160 Å². The van der Waals surface area contributed by atoms with Crippen molar-refractivity contribution in [1.82, 2.24) is 14.8 Å². The molecule has 0 spiro atoms. The van der Waals surface area contributed by atoms with Crippen LogP contribution in [0.25, 0.3) is 10.9 Å². The van der Waals surface area contributed by atoms with Gasteiger partial charge in [0.15, 0.2) is 11.6 Å². The summed E-state index contributed by atoms with van der Waals surface area (Å²) in [5.74, 6) is -2.38. The molecule has 2 aromatic carbocycles. The molecule has 3 aromatic rings. The van der Waals surface area contributed by atoms with E-state index in [1.807, 2.05) is 30.5 Å². The zero-order valence-corrected chi connectivity index (χ0v) is 15.1. The van der Waals surface area contributed by atoms with Gasteiger partial charge in [-0.15, -0.1) is 0 Å². The first-order valence-corrected chi connectivity index (χ1v) is 9.10. The molecule has 2 heterocycles. The van der Waals surface area contributed by atoms with Gasteiger partial charge in [0.1, 0.15) is 0 Å². The minimum atomic E-state index is -1.04. The molecule has 1 N–H and O–H groups in total. The number of aromatic nitrogens is 1. The van der Waals surface area contributed by atoms with Crippen LogP contribution in [0.4, 0.5) is 8.78 Å². The Morgan fingerprint density at radius 3 is 2.39 bits per heavy atom. The van der Waals surface area contributed by atoms with Gasteiger partial charge in [0, 0.05) is 48.8 Å². The van der Waals surface area contributed by atoms with Crippen LogP contribution in [0, 0.1) is 11.6 Å². The highest BCUT2D eigenvalue weighted by Gasteiger charge is 2.25. The molecular formula is C21H19F2N3O2. The zero-order chi connectivity index (χ0) is 19.7. The van der Waals surface area contributed by atoms with Crippen LogP contribution in [-0.2, 0) is 11.2 Å². The van der Waals surface area contributed by atoms with E-state index in [0.29, 0.717) is 32.6 Å². The monoisotopic (exact) mass is 383 g/mol. The number of para-hydroxylation sites is 1. The van der Waals surface area contributed by atoms with Crippen molar-refractivity contribution >= 4 is 22.7 Å². The number of benzene rings is 2. The fraction of sp³-hybridized carbons (Fsp3) is 0.238. The lowest BCUT2D eigenvalue weighted by molar-refractivity contribution is -0.131. The largest absolute Gasteiger partial charge is 0.361 e. The van der Waals surface area contributed by atoms with Crippen LogP contribution in [0.5, 0.6) is 0 Å². The van der Waals surface area contributed by atoms with E-state index in [1.54, 1.807) is 9.80 Å². The van der Waals surface area contributed by atoms with E-state index < -0.39 is 11.6 Å². The van der Waals surface area contributed by atoms with Crippen molar-refractivity contribution in [2.45, 2.75) is 6.42 Å². The first kappa shape index (κ1) is 18.2. The van der Waals surface area contributed by atoms with E-state index in [2.05, 4.69) is 4.98 Å². The molecule has 1 saturated heterocycles. The molecule has 0 saturated carbocycles. The molecule has 1 fully saturated rings. The lowest BCUT2D eigenvalue weighted by Gasteiger charge is -2.35. The Morgan fingerprint density at radius 2 is 1.64 bits per heavy atom. The smallest absolute Gasteiger partial charge is 0.254 e. The van der Waals surface area contributed by atoms with E-state index >= 15 is 0 Å². The van der Waals surface area contributed by atoms with Crippen LogP contribution in [0.2, 0.25) is 0 Å². The predicted molar refractivity (Wildman–Crippen MR) is 101 cm³/mol. The minimum Gasteiger partial charge on any atom is -0.361 e. The average molecular weight is 383 g/mol. The number of fused-ring (bicyclic) bond motifs is 1. The van der Waals surface area contributed by atoms with E-state index in [9.17, 15) is 18.4 Å². The third-order valence-corrected chi connectivity index (χ3v) is 5.10. The molecule has 7 heteroatoms. The molecule has 5 nitrogen and oxygen atoms in total. The van der Waals surface area contributed by atoms with Crippen molar-refractivity contribution < 1.29 is 18.4 Å². The fourth-order valence-corrected chi connectivity index (χ4v) is 3.52. The summed E-state index contributed by atoms with van der Waals surface area (Å²) >= 11 is 0. The Hall–Kier alpha value is -3.22.